The van der Waals surface area contributed by atoms with Crippen molar-refractivity contribution >= 4 is 22.9 Å². The number of ether oxygens (including phenoxy) is 1. The zero-order valence-electron chi connectivity index (χ0n) is 12.7. The first-order valence-electron chi connectivity index (χ1n) is 7.34. The molecule has 1 N–H and O–H groups in total. The lowest BCUT2D eigenvalue weighted by molar-refractivity contribution is 0.242. The first-order valence-corrected chi connectivity index (χ1v) is 8.60. The molecule has 0 amide bonds. The number of benzene rings is 1. The minimum Gasteiger partial charge on any atom is -0.491 e. The summed E-state index contributed by atoms with van der Waals surface area (Å²) in [5, 5.41) is 6.44. The monoisotopic (exact) mass is 323 g/mol. The van der Waals surface area contributed by atoms with E-state index in [9.17, 15) is 0 Å². The van der Waals surface area contributed by atoms with Crippen molar-refractivity contribution in [2.24, 2.45) is 0 Å². The molecule has 2 nitrogen and oxygen atoms in total. The number of thiophene rings is 1. The molecule has 1 unspecified atom stereocenters. The molecule has 21 heavy (non-hydrogen) atoms. The summed E-state index contributed by atoms with van der Waals surface area (Å²) in [6, 6.07) is 10.4. The van der Waals surface area contributed by atoms with Gasteiger partial charge in [-0.15, -0.1) is 11.3 Å². The normalized spacial score (nSPS) is 12.6. The van der Waals surface area contributed by atoms with Gasteiger partial charge in [-0.1, -0.05) is 30.7 Å². The highest BCUT2D eigenvalue weighted by atomic mass is 35.5. The van der Waals surface area contributed by atoms with E-state index < -0.39 is 0 Å². The smallest absolute Gasteiger partial charge is 0.119 e. The number of hydrogen-bond acceptors (Lipinski definition) is 3. The summed E-state index contributed by atoms with van der Waals surface area (Å²) >= 11 is 8.00. The van der Waals surface area contributed by atoms with Crippen LogP contribution in [0, 0.1) is 0 Å². The van der Waals surface area contributed by atoms with Gasteiger partial charge >= 0.3 is 0 Å². The standard InChI is InChI=1S/C17H22ClNOS/c1-4-10-19-16(17-15(18)9-11-21-17)13-5-7-14(8-6-13)20-12(2)3/h5-9,11-12,16,19H,4,10H2,1-3H3. The zero-order chi connectivity index (χ0) is 15.2. The van der Waals surface area contributed by atoms with Crippen molar-refractivity contribution in [3.05, 3.63) is 51.2 Å². The SMILES string of the molecule is CCCNC(c1ccc(OC(C)C)cc1)c1sccc1Cl. The Bertz CT molecular complexity index is 550. The van der Waals surface area contributed by atoms with Gasteiger partial charge in [0.25, 0.3) is 0 Å². The second kappa shape index (κ2) is 7.83. The van der Waals surface area contributed by atoms with Crippen LogP contribution in [0.3, 0.4) is 0 Å². The molecule has 0 aliphatic carbocycles. The Kier molecular flexibility index (Phi) is 6.09. The Morgan fingerprint density at radius 2 is 1.90 bits per heavy atom. The number of halogens is 1. The van der Waals surface area contributed by atoms with Gasteiger partial charge in [-0.25, -0.2) is 0 Å². The van der Waals surface area contributed by atoms with Gasteiger partial charge in [0.15, 0.2) is 0 Å². The van der Waals surface area contributed by atoms with Crippen LogP contribution < -0.4 is 10.1 Å². The fraction of sp³-hybridized carbons (Fsp3) is 0.412. The third kappa shape index (κ3) is 4.47. The summed E-state index contributed by atoms with van der Waals surface area (Å²) in [5.41, 5.74) is 1.21. The van der Waals surface area contributed by atoms with E-state index in [0.29, 0.717) is 0 Å². The summed E-state index contributed by atoms with van der Waals surface area (Å²) in [5.74, 6) is 0.903. The van der Waals surface area contributed by atoms with Crippen molar-refractivity contribution in [3.63, 3.8) is 0 Å². The highest BCUT2D eigenvalue weighted by molar-refractivity contribution is 7.10. The highest BCUT2D eigenvalue weighted by Gasteiger charge is 2.17. The van der Waals surface area contributed by atoms with E-state index in [2.05, 4.69) is 24.4 Å². The van der Waals surface area contributed by atoms with Crippen LogP contribution in [-0.4, -0.2) is 12.6 Å². The lowest BCUT2D eigenvalue weighted by Crippen LogP contribution is -2.22. The van der Waals surface area contributed by atoms with Crippen LogP contribution in [0.4, 0.5) is 0 Å². The quantitative estimate of drug-likeness (QED) is 0.748. The molecule has 1 atom stereocenters. The maximum Gasteiger partial charge on any atom is 0.119 e. The minimum absolute atomic E-state index is 0.144. The van der Waals surface area contributed by atoms with Crippen LogP contribution in [0.5, 0.6) is 5.75 Å². The van der Waals surface area contributed by atoms with Gasteiger partial charge in [-0.05, 0) is 56.0 Å². The van der Waals surface area contributed by atoms with E-state index in [1.807, 2.05) is 37.4 Å². The van der Waals surface area contributed by atoms with E-state index in [1.165, 1.54) is 10.4 Å². The third-order valence-corrected chi connectivity index (χ3v) is 4.51. The topological polar surface area (TPSA) is 21.3 Å². The maximum absolute atomic E-state index is 6.31. The molecule has 114 valence electrons. The predicted molar refractivity (Wildman–Crippen MR) is 91.7 cm³/mol. The molecule has 0 fully saturated rings. The van der Waals surface area contributed by atoms with Gasteiger partial charge in [0.2, 0.25) is 0 Å². The number of rotatable bonds is 7. The summed E-state index contributed by atoms with van der Waals surface area (Å²) in [7, 11) is 0. The average molecular weight is 324 g/mol. The van der Waals surface area contributed by atoms with Crippen LogP contribution in [0.15, 0.2) is 35.7 Å². The van der Waals surface area contributed by atoms with E-state index in [1.54, 1.807) is 11.3 Å². The first-order chi connectivity index (χ1) is 10.1. The average Bonchev–Trinajstić information content (AvgIpc) is 2.87. The molecule has 0 bridgehead atoms. The molecule has 0 aliphatic rings. The van der Waals surface area contributed by atoms with Crippen LogP contribution in [0.1, 0.15) is 43.7 Å². The largest absolute Gasteiger partial charge is 0.491 e. The van der Waals surface area contributed by atoms with Gasteiger partial charge in [0.05, 0.1) is 17.2 Å². The highest BCUT2D eigenvalue weighted by Crippen LogP contribution is 2.33. The zero-order valence-corrected chi connectivity index (χ0v) is 14.3. The van der Waals surface area contributed by atoms with Gasteiger partial charge in [0, 0.05) is 4.88 Å². The van der Waals surface area contributed by atoms with Crippen molar-refractivity contribution in [1.82, 2.24) is 5.32 Å². The first kappa shape index (κ1) is 16.3. The van der Waals surface area contributed by atoms with Crippen LogP contribution in [0.2, 0.25) is 5.02 Å². The Morgan fingerprint density at radius 3 is 2.43 bits per heavy atom. The Morgan fingerprint density at radius 1 is 1.19 bits per heavy atom. The van der Waals surface area contributed by atoms with E-state index in [4.69, 9.17) is 16.3 Å². The van der Waals surface area contributed by atoms with Gasteiger partial charge in [-0.3, -0.25) is 0 Å². The molecule has 1 heterocycles. The summed E-state index contributed by atoms with van der Waals surface area (Å²) in [6.45, 7) is 7.19. The Hall–Kier alpha value is -1.03. The van der Waals surface area contributed by atoms with E-state index >= 15 is 0 Å². The molecule has 0 saturated carbocycles. The third-order valence-electron chi connectivity index (χ3n) is 3.09. The molecule has 1 aromatic carbocycles. The summed E-state index contributed by atoms with van der Waals surface area (Å²) < 4.78 is 5.70. The van der Waals surface area contributed by atoms with E-state index in [0.717, 1.165) is 23.7 Å². The number of hydrogen-bond donors (Lipinski definition) is 1. The molecular formula is C17H22ClNOS. The molecule has 0 aliphatic heterocycles. The predicted octanol–water partition coefficient (Wildman–Crippen LogP) is 5.28. The lowest BCUT2D eigenvalue weighted by atomic mass is 10.0. The summed E-state index contributed by atoms with van der Waals surface area (Å²) in [4.78, 5) is 1.17. The van der Waals surface area contributed by atoms with E-state index in [-0.39, 0.29) is 12.1 Å². The lowest BCUT2D eigenvalue weighted by Gasteiger charge is -2.19. The summed E-state index contributed by atoms with van der Waals surface area (Å²) in [6.07, 6.45) is 1.28. The second-order valence-corrected chi connectivity index (χ2v) is 6.61. The van der Waals surface area contributed by atoms with Crippen molar-refractivity contribution in [2.45, 2.75) is 39.3 Å². The van der Waals surface area contributed by atoms with Crippen molar-refractivity contribution in [3.8, 4) is 5.75 Å². The van der Waals surface area contributed by atoms with Crippen molar-refractivity contribution < 1.29 is 4.74 Å². The van der Waals surface area contributed by atoms with Crippen LogP contribution >= 0.6 is 22.9 Å². The maximum atomic E-state index is 6.31. The van der Waals surface area contributed by atoms with Crippen LogP contribution in [0.25, 0.3) is 0 Å². The van der Waals surface area contributed by atoms with Gasteiger partial charge in [0.1, 0.15) is 5.75 Å². The fourth-order valence-corrected chi connectivity index (χ4v) is 3.44. The minimum atomic E-state index is 0.144. The van der Waals surface area contributed by atoms with Gasteiger partial charge < -0.3 is 10.1 Å². The molecule has 2 aromatic rings. The molecule has 2 rings (SSSR count). The second-order valence-electron chi connectivity index (χ2n) is 5.26. The van der Waals surface area contributed by atoms with Crippen molar-refractivity contribution in [2.75, 3.05) is 6.54 Å². The molecule has 0 radical (unpaired) electrons. The number of nitrogens with one attached hydrogen (secondary N) is 1. The molecular weight excluding hydrogens is 302 g/mol. The Balaban J connectivity index is 2.22. The molecule has 1 aromatic heterocycles. The van der Waals surface area contributed by atoms with Crippen molar-refractivity contribution in [1.29, 1.82) is 0 Å². The Labute approximate surface area is 136 Å². The van der Waals surface area contributed by atoms with Crippen LogP contribution in [-0.2, 0) is 0 Å². The fourth-order valence-electron chi connectivity index (χ4n) is 2.17. The molecule has 0 saturated heterocycles. The molecule has 0 spiro atoms. The van der Waals surface area contributed by atoms with Gasteiger partial charge in [-0.2, -0.15) is 0 Å². The molecule has 4 heteroatoms.